The van der Waals surface area contributed by atoms with Gasteiger partial charge >= 0.3 is 0 Å². The van der Waals surface area contributed by atoms with Crippen LogP contribution in [-0.2, 0) is 9.47 Å². The summed E-state index contributed by atoms with van der Waals surface area (Å²) in [5, 5.41) is 3.08. The smallest absolute Gasteiger partial charge is 0.123 e. The molecule has 0 saturated heterocycles. The summed E-state index contributed by atoms with van der Waals surface area (Å²) < 4.78 is 24.1. The summed E-state index contributed by atoms with van der Waals surface area (Å²) in [6.45, 7) is 4.76. The van der Waals surface area contributed by atoms with Crippen molar-refractivity contribution in [2.45, 2.75) is 25.9 Å². The number of hydrogen-bond donors (Lipinski definition) is 1. The number of nitrogens with one attached hydrogen (secondary N) is 1. The normalized spacial score (nSPS) is 12.6. The first-order valence-electron chi connectivity index (χ1n) is 6.87. The monoisotopic (exact) mass is 269 g/mol. The number of halogens is 1. The molecule has 0 bridgehead atoms. The zero-order valence-electron chi connectivity index (χ0n) is 11.8. The highest BCUT2D eigenvalue weighted by Crippen LogP contribution is 2.17. The molecule has 108 valence electrons. The Hall–Kier alpha value is -0.970. The van der Waals surface area contributed by atoms with Gasteiger partial charge in [-0.15, -0.1) is 0 Å². The highest BCUT2D eigenvalue weighted by atomic mass is 19.1. The Morgan fingerprint density at radius 3 is 2.53 bits per heavy atom. The van der Waals surface area contributed by atoms with E-state index in [-0.39, 0.29) is 11.9 Å². The molecule has 0 amide bonds. The zero-order valence-corrected chi connectivity index (χ0v) is 11.8. The van der Waals surface area contributed by atoms with Crippen LogP contribution in [-0.4, -0.2) is 33.4 Å². The van der Waals surface area contributed by atoms with Crippen LogP contribution in [0.5, 0.6) is 0 Å². The molecule has 0 heterocycles. The summed E-state index contributed by atoms with van der Waals surface area (Å²) in [5.74, 6) is -0.227. The van der Waals surface area contributed by atoms with E-state index in [1.807, 2.05) is 7.05 Å². The van der Waals surface area contributed by atoms with Crippen LogP contribution in [0.2, 0.25) is 0 Å². The standard InChI is InChI=1S/C15H24FNO2/c1-3-4-9-18-10-11-19-15(12-17-2)13-5-7-14(16)8-6-13/h5-8,15,17H,3-4,9-12H2,1-2H3. The molecule has 0 fully saturated rings. The summed E-state index contributed by atoms with van der Waals surface area (Å²) in [6, 6.07) is 6.43. The van der Waals surface area contributed by atoms with Crippen molar-refractivity contribution < 1.29 is 13.9 Å². The maximum Gasteiger partial charge on any atom is 0.123 e. The molecule has 19 heavy (non-hydrogen) atoms. The molecule has 1 unspecified atom stereocenters. The van der Waals surface area contributed by atoms with Gasteiger partial charge in [0.25, 0.3) is 0 Å². The lowest BCUT2D eigenvalue weighted by Crippen LogP contribution is -2.21. The van der Waals surface area contributed by atoms with Crippen molar-refractivity contribution in [2.24, 2.45) is 0 Å². The molecule has 1 aromatic rings. The number of rotatable bonds is 10. The molecule has 0 aliphatic carbocycles. The van der Waals surface area contributed by atoms with E-state index in [1.165, 1.54) is 12.1 Å². The molecular formula is C15H24FNO2. The number of likely N-dealkylation sites (N-methyl/N-ethyl adjacent to an activating group) is 1. The fourth-order valence-corrected chi connectivity index (χ4v) is 1.73. The van der Waals surface area contributed by atoms with Crippen molar-refractivity contribution in [1.82, 2.24) is 5.32 Å². The van der Waals surface area contributed by atoms with Gasteiger partial charge in [-0.05, 0) is 31.2 Å². The van der Waals surface area contributed by atoms with E-state index in [1.54, 1.807) is 12.1 Å². The lowest BCUT2D eigenvalue weighted by Gasteiger charge is -2.18. The summed E-state index contributed by atoms with van der Waals surface area (Å²) in [7, 11) is 1.87. The molecule has 3 nitrogen and oxygen atoms in total. The average molecular weight is 269 g/mol. The first-order chi connectivity index (χ1) is 9.27. The Morgan fingerprint density at radius 2 is 1.89 bits per heavy atom. The average Bonchev–Trinajstić information content (AvgIpc) is 2.42. The Morgan fingerprint density at radius 1 is 1.16 bits per heavy atom. The van der Waals surface area contributed by atoms with Gasteiger partial charge in [0, 0.05) is 13.2 Å². The van der Waals surface area contributed by atoms with Crippen LogP contribution in [0.3, 0.4) is 0 Å². The number of hydrogen-bond acceptors (Lipinski definition) is 3. The van der Waals surface area contributed by atoms with Crippen LogP contribution >= 0.6 is 0 Å². The van der Waals surface area contributed by atoms with Crippen LogP contribution in [0.1, 0.15) is 31.4 Å². The lowest BCUT2D eigenvalue weighted by molar-refractivity contribution is 0.00427. The first-order valence-corrected chi connectivity index (χ1v) is 6.87. The van der Waals surface area contributed by atoms with Crippen molar-refractivity contribution in [3.05, 3.63) is 35.6 Å². The zero-order chi connectivity index (χ0) is 13.9. The van der Waals surface area contributed by atoms with Gasteiger partial charge in [-0.1, -0.05) is 25.5 Å². The molecule has 0 aromatic heterocycles. The van der Waals surface area contributed by atoms with E-state index in [9.17, 15) is 4.39 Å². The summed E-state index contributed by atoms with van der Waals surface area (Å²) in [5.41, 5.74) is 0.976. The molecule has 4 heteroatoms. The second-order valence-corrected chi connectivity index (χ2v) is 4.43. The van der Waals surface area contributed by atoms with Gasteiger partial charge < -0.3 is 14.8 Å². The van der Waals surface area contributed by atoms with Gasteiger partial charge in [0.2, 0.25) is 0 Å². The quantitative estimate of drug-likeness (QED) is 0.662. The summed E-state index contributed by atoms with van der Waals surface area (Å²) in [6.07, 6.45) is 2.15. The van der Waals surface area contributed by atoms with Gasteiger partial charge in [-0.3, -0.25) is 0 Å². The SMILES string of the molecule is CCCCOCCOC(CNC)c1ccc(F)cc1. The van der Waals surface area contributed by atoms with Crippen LogP contribution in [0.15, 0.2) is 24.3 Å². The van der Waals surface area contributed by atoms with Crippen LogP contribution in [0.25, 0.3) is 0 Å². The summed E-state index contributed by atoms with van der Waals surface area (Å²) >= 11 is 0. The highest BCUT2D eigenvalue weighted by molar-refractivity contribution is 5.19. The van der Waals surface area contributed by atoms with Crippen LogP contribution in [0.4, 0.5) is 4.39 Å². The molecule has 1 atom stereocenters. The molecule has 1 N–H and O–H groups in total. The fourth-order valence-electron chi connectivity index (χ4n) is 1.73. The van der Waals surface area contributed by atoms with Gasteiger partial charge in [-0.2, -0.15) is 0 Å². The Kier molecular flexibility index (Phi) is 8.38. The second-order valence-electron chi connectivity index (χ2n) is 4.43. The predicted molar refractivity (Wildman–Crippen MR) is 74.7 cm³/mol. The van der Waals surface area contributed by atoms with Crippen molar-refractivity contribution in [3.63, 3.8) is 0 Å². The third kappa shape index (κ3) is 6.66. The Labute approximate surface area is 115 Å². The number of ether oxygens (including phenoxy) is 2. The summed E-state index contributed by atoms with van der Waals surface area (Å²) in [4.78, 5) is 0. The molecule has 0 radical (unpaired) electrons. The van der Waals surface area contributed by atoms with Gasteiger partial charge in [0.05, 0.1) is 19.3 Å². The molecule has 1 aromatic carbocycles. The third-order valence-corrected chi connectivity index (χ3v) is 2.82. The van der Waals surface area contributed by atoms with Gasteiger partial charge in [0.15, 0.2) is 0 Å². The highest BCUT2D eigenvalue weighted by Gasteiger charge is 2.10. The number of benzene rings is 1. The van der Waals surface area contributed by atoms with Crippen LogP contribution in [0, 0.1) is 5.82 Å². The van der Waals surface area contributed by atoms with E-state index in [2.05, 4.69) is 12.2 Å². The lowest BCUT2D eigenvalue weighted by atomic mass is 10.1. The van der Waals surface area contributed by atoms with Crippen molar-refractivity contribution >= 4 is 0 Å². The van der Waals surface area contributed by atoms with Gasteiger partial charge in [0.1, 0.15) is 5.82 Å². The van der Waals surface area contributed by atoms with Crippen molar-refractivity contribution in [3.8, 4) is 0 Å². The molecule has 0 spiro atoms. The van der Waals surface area contributed by atoms with E-state index in [4.69, 9.17) is 9.47 Å². The maximum absolute atomic E-state index is 12.9. The van der Waals surface area contributed by atoms with Crippen molar-refractivity contribution in [2.75, 3.05) is 33.4 Å². The van der Waals surface area contributed by atoms with E-state index in [0.29, 0.717) is 19.8 Å². The second kappa shape index (κ2) is 9.89. The molecular weight excluding hydrogens is 245 g/mol. The molecule has 0 aliphatic rings. The van der Waals surface area contributed by atoms with E-state index in [0.717, 1.165) is 25.0 Å². The predicted octanol–water partition coefficient (Wildman–Crippen LogP) is 2.92. The first kappa shape index (κ1) is 16.1. The maximum atomic E-state index is 12.9. The van der Waals surface area contributed by atoms with Gasteiger partial charge in [-0.25, -0.2) is 4.39 Å². The molecule has 1 rings (SSSR count). The van der Waals surface area contributed by atoms with E-state index >= 15 is 0 Å². The third-order valence-electron chi connectivity index (χ3n) is 2.82. The largest absolute Gasteiger partial charge is 0.379 e. The molecule has 0 saturated carbocycles. The topological polar surface area (TPSA) is 30.5 Å². The van der Waals surface area contributed by atoms with E-state index < -0.39 is 0 Å². The Bertz CT molecular complexity index is 329. The minimum absolute atomic E-state index is 0.0691. The Balaban J connectivity index is 2.34. The minimum Gasteiger partial charge on any atom is -0.379 e. The number of unbranched alkanes of at least 4 members (excludes halogenated alkanes) is 1. The minimum atomic E-state index is -0.227. The fraction of sp³-hybridized carbons (Fsp3) is 0.600. The van der Waals surface area contributed by atoms with Crippen molar-refractivity contribution in [1.29, 1.82) is 0 Å². The molecule has 0 aliphatic heterocycles. The van der Waals surface area contributed by atoms with Crippen LogP contribution < -0.4 is 5.32 Å².